The first kappa shape index (κ1) is 23.0. The van der Waals surface area contributed by atoms with Crippen LogP contribution in [0.25, 0.3) is 0 Å². The highest BCUT2D eigenvalue weighted by Gasteiger charge is 2.30. The van der Waals surface area contributed by atoms with Crippen LogP contribution in [-0.2, 0) is 24.1 Å². The van der Waals surface area contributed by atoms with E-state index in [0.29, 0.717) is 28.2 Å². The average molecular weight is 471 g/mol. The number of hydrogen-bond donors (Lipinski definition) is 1. The second kappa shape index (κ2) is 10.1. The molecule has 2 aromatic carbocycles. The van der Waals surface area contributed by atoms with Crippen LogP contribution in [-0.4, -0.2) is 26.4 Å². The van der Waals surface area contributed by atoms with Crippen LogP contribution in [0.5, 0.6) is 5.75 Å². The molecule has 0 aliphatic heterocycles. The number of thioether (sulfide) groups is 1. The van der Waals surface area contributed by atoms with Gasteiger partial charge in [0, 0.05) is 17.3 Å². The first-order valence-corrected chi connectivity index (χ1v) is 10.5. The summed E-state index contributed by atoms with van der Waals surface area (Å²) in [5.41, 5.74) is -0.160. The summed E-state index contributed by atoms with van der Waals surface area (Å²) in [7, 11) is 0. The van der Waals surface area contributed by atoms with Gasteiger partial charge in [0.05, 0.1) is 11.3 Å². The fourth-order valence-electron chi connectivity index (χ4n) is 2.62. The fourth-order valence-corrected chi connectivity index (χ4v) is 3.57. The highest BCUT2D eigenvalue weighted by molar-refractivity contribution is 7.99. The van der Waals surface area contributed by atoms with Gasteiger partial charge < -0.3 is 14.6 Å². The van der Waals surface area contributed by atoms with Crippen LogP contribution in [0.3, 0.4) is 0 Å². The van der Waals surface area contributed by atoms with Gasteiger partial charge in [-0.2, -0.15) is 13.2 Å². The number of anilines is 1. The summed E-state index contributed by atoms with van der Waals surface area (Å²) in [6.07, 6.45) is -4.45. The lowest BCUT2D eigenvalue weighted by atomic mass is 10.2. The van der Waals surface area contributed by atoms with Gasteiger partial charge in [-0.3, -0.25) is 4.79 Å². The third-order valence-corrected chi connectivity index (χ3v) is 5.32. The molecular weight excluding hydrogens is 453 g/mol. The van der Waals surface area contributed by atoms with E-state index in [4.69, 9.17) is 16.3 Å². The van der Waals surface area contributed by atoms with E-state index in [1.54, 1.807) is 28.8 Å². The maximum absolute atomic E-state index is 12.8. The highest BCUT2D eigenvalue weighted by atomic mass is 35.5. The Bertz CT molecular complexity index is 1040. The summed E-state index contributed by atoms with van der Waals surface area (Å²) in [4.78, 5) is 12.2. The van der Waals surface area contributed by atoms with Gasteiger partial charge in [-0.1, -0.05) is 29.4 Å². The van der Waals surface area contributed by atoms with Crippen LogP contribution in [0.1, 0.15) is 18.3 Å². The molecule has 0 spiro atoms. The van der Waals surface area contributed by atoms with Crippen LogP contribution in [0.2, 0.25) is 5.02 Å². The van der Waals surface area contributed by atoms with E-state index >= 15 is 0 Å². The molecule has 31 heavy (non-hydrogen) atoms. The molecule has 164 valence electrons. The molecular formula is C20H18ClF3N4O2S. The van der Waals surface area contributed by atoms with Crippen molar-refractivity contribution in [3.8, 4) is 5.75 Å². The number of nitrogens with zero attached hydrogens (tertiary/aromatic N) is 3. The molecule has 1 aromatic heterocycles. The Balaban J connectivity index is 1.59. The predicted octanol–water partition coefficient (Wildman–Crippen LogP) is 5.28. The molecule has 0 saturated heterocycles. The first-order valence-electron chi connectivity index (χ1n) is 9.16. The zero-order chi connectivity index (χ0) is 22.4. The maximum atomic E-state index is 12.8. The number of rotatable bonds is 8. The van der Waals surface area contributed by atoms with Crippen molar-refractivity contribution in [1.82, 2.24) is 14.8 Å². The Hall–Kier alpha value is -2.72. The summed E-state index contributed by atoms with van der Waals surface area (Å²) in [6, 6.07) is 11.4. The number of alkyl halides is 3. The number of nitrogens with one attached hydrogen (secondary N) is 1. The van der Waals surface area contributed by atoms with Gasteiger partial charge in [0.1, 0.15) is 12.4 Å². The molecule has 0 saturated carbocycles. The number of ether oxygens (including phenoxy) is 1. The second-order valence-corrected chi connectivity index (χ2v) is 7.68. The quantitative estimate of drug-likeness (QED) is 0.454. The molecule has 0 aliphatic rings. The van der Waals surface area contributed by atoms with E-state index in [1.165, 1.54) is 23.9 Å². The number of amides is 1. The topological polar surface area (TPSA) is 69.0 Å². The monoisotopic (exact) mass is 470 g/mol. The number of halogens is 4. The van der Waals surface area contributed by atoms with E-state index in [1.807, 2.05) is 6.92 Å². The van der Waals surface area contributed by atoms with Crippen molar-refractivity contribution in [2.75, 3.05) is 11.1 Å². The van der Waals surface area contributed by atoms with Crippen molar-refractivity contribution in [3.05, 3.63) is 64.9 Å². The molecule has 0 fully saturated rings. The third-order valence-electron chi connectivity index (χ3n) is 4.10. The lowest BCUT2D eigenvalue weighted by Crippen LogP contribution is -2.14. The fraction of sp³-hybridized carbons (Fsp3) is 0.250. The lowest BCUT2D eigenvalue weighted by Gasteiger charge is -2.11. The van der Waals surface area contributed by atoms with Gasteiger partial charge in [0.2, 0.25) is 5.91 Å². The normalized spacial score (nSPS) is 11.4. The number of carbonyl (C=O) groups is 1. The smallest absolute Gasteiger partial charge is 0.416 e. The van der Waals surface area contributed by atoms with Crippen molar-refractivity contribution >= 4 is 35.0 Å². The van der Waals surface area contributed by atoms with Crippen LogP contribution < -0.4 is 10.1 Å². The Kier molecular flexibility index (Phi) is 7.45. The minimum absolute atomic E-state index is 0.0559. The third kappa shape index (κ3) is 6.38. The van der Waals surface area contributed by atoms with Crippen molar-refractivity contribution in [3.63, 3.8) is 0 Å². The predicted molar refractivity (Wildman–Crippen MR) is 112 cm³/mol. The molecule has 1 amide bonds. The molecule has 1 heterocycles. The Morgan fingerprint density at radius 1 is 1.19 bits per heavy atom. The zero-order valence-corrected chi connectivity index (χ0v) is 17.9. The minimum Gasteiger partial charge on any atom is -0.486 e. The maximum Gasteiger partial charge on any atom is 0.416 e. The molecule has 3 aromatic rings. The molecule has 0 unspecified atom stereocenters. The van der Waals surface area contributed by atoms with E-state index in [2.05, 4.69) is 15.5 Å². The number of hydrogen-bond acceptors (Lipinski definition) is 5. The summed E-state index contributed by atoms with van der Waals surface area (Å²) in [6.45, 7) is 2.32. The van der Waals surface area contributed by atoms with Crippen LogP contribution in [0.15, 0.2) is 53.7 Å². The van der Waals surface area contributed by atoms with Gasteiger partial charge in [0.25, 0.3) is 0 Å². The van der Waals surface area contributed by atoms with Crippen LogP contribution in [0.4, 0.5) is 18.9 Å². The largest absolute Gasteiger partial charge is 0.486 e. The number of benzene rings is 2. The van der Waals surface area contributed by atoms with Crippen molar-refractivity contribution < 1.29 is 22.7 Å². The molecule has 0 aliphatic carbocycles. The zero-order valence-electron chi connectivity index (χ0n) is 16.3. The highest BCUT2D eigenvalue weighted by Crippen LogP contribution is 2.31. The van der Waals surface area contributed by atoms with Gasteiger partial charge in [-0.15, -0.1) is 10.2 Å². The van der Waals surface area contributed by atoms with Crippen molar-refractivity contribution in [2.45, 2.75) is 31.4 Å². The molecule has 0 radical (unpaired) electrons. The molecule has 3 rings (SSSR count). The SMILES string of the molecule is CCn1c(COc2cccc(C(F)(F)F)c2)nnc1SCC(=O)Nc1ccc(Cl)cc1. The summed E-state index contributed by atoms with van der Waals surface area (Å²) in [5.74, 6) is 0.409. The van der Waals surface area contributed by atoms with Gasteiger partial charge in [0.15, 0.2) is 11.0 Å². The first-order chi connectivity index (χ1) is 14.8. The van der Waals surface area contributed by atoms with Gasteiger partial charge in [-0.25, -0.2) is 0 Å². The molecule has 0 atom stereocenters. The van der Waals surface area contributed by atoms with Gasteiger partial charge in [-0.05, 0) is 49.4 Å². The van der Waals surface area contributed by atoms with E-state index in [9.17, 15) is 18.0 Å². The van der Waals surface area contributed by atoms with Gasteiger partial charge >= 0.3 is 6.18 Å². The Morgan fingerprint density at radius 3 is 2.61 bits per heavy atom. The van der Waals surface area contributed by atoms with Crippen LogP contribution >= 0.6 is 23.4 Å². The summed E-state index contributed by atoms with van der Waals surface area (Å²) < 4.78 is 45.7. The lowest BCUT2D eigenvalue weighted by molar-refractivity contribution is -0.137. The average Bonchev–Trinajstić information content (AvgIpc) is 3.14. The summed E-state index contributed by atoms with van der Waals surface area (Å²) in [5, 5.41) is 11.9. The van der Waals surface area contributed by atoms with Crippen molar-refractivity contribution in [2.24, 2.45) is 0 Å². The number of carbonyl (C=O) groups excluding carboxylic acids is 1. The Morgan fingerprint density at radius 2 is 1.94 bits per heavy atom. The summed E-state index contributed by atoms with van der Waals surface area (Å²) >= 11 is 7.02. The molecule has 0 bridgehead atoms. The second-order valence-electron chi connectivity index (χ2n) is 6.30. The Labute approximate surface area is 185 Å². The van der Waals surface area contributed by atoms with E-state index in [-0.39, 0.29) is 24.0 Å². The van der Waals surface area contributed by atoms with Crippen LogP contribution in [0, 0.1) is 0 Å². The standard InChI is InChI=1S/C20H18ClF3N4O2S/c1-2-28-17(11-30-16-5-3-4-13(10-16)20(22,23)24)26-27-19(28)31-12-18(29)25-15-8-6-14(21)7-9-15/h3-10H,2,11-12H2,1H3,(H,25,29). The van der Waals surface area contributed by atoms with Crippen molar-refractivity contribution in [1.29, 1.82) is 0 Å². The van der Waals surface area contributed by atoms with E-state index < -0.39 is 11.7 Å². The molecule has 6 nitrogen and oxygen atoms in total. The molecule has 1 N–H and O–H groups in total. The molecule has 11 heteroatoms. The minimum atomic E-state index is -4.45. The number of aromatic nitrogens is 3. The van der Waals surface area contributed by atoms with E-state index in [0.717, 1.165) is 12.1 Å².